The molecule has 2 aromatic heterocycles. The molecule has 2 bridgehead atoms. The van der Waals surface area contributed by atoms with Gasteiger partial charge in [0.15, 0.2) is 0 Å². The van der Waals surface area contributed by atoms with E-state index in [9.17, 15) is 14.7 Å². The van der Waals surface area contributed by atoms with Crippen LogP contribution in [0.25, 0.3) is 11.1 Å². The molecule has 8 rings (SSSR count). The Kier molecular flexibility index (Phi) is 9.67. The Bertz CT molecular complexity index is 1710. The number of carbonyl (C=O) groups is 2. The van der Waals surface area contributed by atoms with Crippen molar-refractivity contribution >= 4 is 17.8 Å². The van der Waals surface area contributed by atoms with Crippen molar-refractivity contribution in [2.24, 2.45) is 16.7 Å². The lowest BCUT2D eigenvalue weighted by Crippen LogP contribution is -2.59. The third kappa shape index (κ3) is 7.00. The maximum atomic E-state index is 14.7. The normalized spacial score (nSPS) is 26.8. The first-order valence-electron chi connectivity index (χ1n) is 19.0. The van der Waals surface area contributed by atoms with E-state index in [0.717, 1.165) is 55.4 Å². The van der Waals surface area contributed by atoms with Crippen molar-refractivity contribution in [2.75, 3.05) is 38.3 Å². The average Bonchev–Trinajstić information content (AvgIpc) is 3.65. The predicted molar refractivity (Wildman–Crippen MR) is 197 cm³/mol. The molecule has 0 radical (unpaired) electrons. The molecule has 0 spiro atoms. The first kappa shape index (κ1) is 35.5. The summed E-state index contributed by atoms with van der Waals surface area (Å²) in [5.41, 5.74) is 4.62. The molecule has 1 aliphatic heterocycles. The molecule has 4 saturated carbocycles. The first-order valence-corrected chi connectivity index (χ1v) is 19.0. The Labute approximate surface area is 302 Å². The zero-order chi connectivity index (χ0) is 36.0. The van der Waals surface area contributed by atoms with Gasteiger partial charge in [-0.15, -0.1) is 0 Å². The van der Waals surface area contributed by atoms with Crippen LogP contribution >= 0.6 is 0 Å². The number of amides is 2. The number of pyridine rings is 1. The highest BCUT2D eigenvalue weighted by Crippen LogP contribution is 2.58. The topological polar surface area (TPSA) is 110 Å². The number of aryl methyl sites for hydroxylation is 1. The number of methoxy groups -OCH3 is 1. The van der Waals surface area contributed by atoms with Crippen molar-refractivity contribution in [3.05, 3.63) is 60.0 Å². The molecular weight excluding hydrogens is 642 g/mol. The minimum atomic E-state index is -0.311. The number of nitrogens with zero attached hydrogens (tertiary/aromatic N) is 5. The van der Waals surface area contributed by atoms with Crippen molar-refractivity contribution < 1.29 is 24.2 Å². The second-order valence-electron chi connectivity index (χ2n) is 16.8. The summed E-state index contributed by atoms with van der Waals surface area (Å²) in [5, 5.41) is 14.1. The molecule has 1 aromatic carbocycles. The minimum Gasteiger partial charge on any atom is -0.496 e. The zero-order valence-corrected chi connectivity index (χ0v) is 31.1. The molecule has 10 nitrogen and oxygen atoms in total. The molecule has 10 heteroatoms. The Morgan fingerprint density at radius 1 is 1.00 bits per heavy atom. The van der Waals surface area contributed by atoms with E-state index in [1.54, 1.807) is 12.0 Å². The van der Waals surface area contributed by atoms with Crippen molar-refractivity contribution in [3.63, 3.8) is 0 Å². The molecule has 2 amide bonds. The van der Waals surface area contributed by atoms with Gasteiger partial charge in [-0.2, -0.15) is 5.10 Å². The number of carbonyl (C=O) groups excluding carboxylic acids is 2. The molecular formula is C41H55N5O5. The first-order chi connectivity index (χ1) is 24.4. The molecule has 0 atom stereocenters. The van der Waals surface area contributed by atoms with Crippen molar-refractivity contribution in [1.82, 2.24) is 19.7 Å². The lowest BCUT2D eigenvalue weighted by molar-refractivity contribution is -0.124. The van der Waals surface area contributed by atoms with Crippen LogP contribution in [0.15, 0.2) is 48.9 Å². The maximum Gasteiger partial charge on any atom is 0.410 e. The second-order valence-corrected chi connectivity index (χ2v) is 16.8. The summed E-state index contributed by atoms with van der Waals surface area (Å²) >= 11 is 0. The number of aliphatic hydroxyl groups is 1. The molecule has 51 heavy (non-hydrogen) atoms. The number of fused-ring (bicyclic) bond motifs is 3. The van der Waals surface area contributed by atoms with Gasteiger partial charge in [-0.25, -0.2) is 9.78 Å². The molecule has 3 aromatic rings. The smallest absolute Gasteiger partial charge is 0.410 e. The van der Waals surface area contributed by atoms with Crippen LogP contribution in [-0.4, -0.2) is 76.2 Å². The summed E-state index contributed by atoms with van der Waals surface area (Å²) in [6.07, 6.45) is 14.5. The van der Waals surface area contributed by atoms with Gasteiger partial charge in [0.2, 0.25) is 5.91 Å². The Morgan fingerprint density at radius 2 is 1.71 bits per heavy atom. The Morgan fingerprint density at radius 3 is 2.31 bits per heavy atom. The third-order valence-electron chi connectivity index (χ3n) is 12.7. The number of hydrogen-bond donors (Lipinski definition) is 1. The third-order valence-corrected chi connectivity index (χ3v) is 12.7. The highest BCUT2D eigenvalue weighted by atomic mass is 16.6. The zero-order valence-electron chi connectivity index (χ0n) is 31.1. The lowest BCUT2D eigenvalue weighted by atomic mass is 9.51. The van der Waals surface area contributed by atoms with E-state index in [4.69, 9.17) is 14.5 Å². The van der Waals surface area contributed by atoms with Gasteiger partial charge in [0.05, 0.1) is 19.9 Å². The summed E-state index contributed by atoms with van der Waals surface area (Å²) in [6, 6.07) is 11.0. The maximum absolute atomic E-state index is 14.7. The summed E-state index contributed by atoms with van der Waals surface area (Å²) in [4.78, 5) is 36.0. The monoisotopic (exact) mass is 697 g/mol. The number of anilines is 1. The van der Waals surface area contributed by atoms with Gasteiger partial charge in [0.1, 0.15) is 17.7 Å². The fourth-order valence-electron chi connectivity index (χ4n) is 9.23. The van der Waals surface area contributed by atoms with E-state index in [1.165, 1.54) is 11.1 Å². The van der Waals surface area contributed by atoms with Crippen LogP contribution in [-0.2, 0) is 14.9 Å². The number of likely N-dealkylation sites (tertiary alicyclic amines) is 1. The SMILES string of the molecule is COc1ccc(C23CCC(CN(C(=O)C4CCC(OC(=O)N5CC(C)(CO)C5)CC4)c4cc(-c5cnn(C(C)C)c5)ccn4)(CC2)CC3)cc1C. The van der Waals surface area contributed by atoms with Gasteiger partial charge < -0.3 is 19.5 Å². The predicted octanol–water partition coefficient (Wildman–Crippen LogP) is 7.48. The van der Waals surface area contributed by atoms with Crippen LogP contribution < -0.4 is 9.64 Å². The summed E-state index contributed by atoms with van der Waals surface area (Å²) < 4.78 is 13.4. The number of aromatic nitrogens is 3. The van der Waals surface area contributed by atoms with Crippen molar-refractivity contribution in [2.45, 2.75) is 109 Å². The highest BCUT2D eigenvalue weighted by Gasteiger charge is 2.51. The van der Waals surface area contributed by atoms with Gasteiger partial charge in [-0.3, -0.25) is 14.4 Å². The number of aliphatic hydroxyl groups excluding tert-OH is 1. The molecule has 3 heterocycles. The van der Waals surface area contributed by atoms with Gasteiger partial charge >= 0.3 is 6.09 Å². The highest BCUT2D eigenvalue weighted by molar-refractivity contribution is 5.95. The molecule has 5 aliphatic rings. The van der Waals surface area contributed by atoms with E-state index in [1.807, 2.05) is 35.0 Å². The number of ether oxygens (including phenoxy) is 2. The van der Waals surface area contributed by atoms with E-state index in [0.29, 0.717) is 51.1 Å². The number of rotatable bonds is 10. The van der Waals surface area contributed by atoms with Crippen LogP contribution in [0.1, 0.15) is 102 Å². The molecule has 274 valence electrons. The average molecular weight is 698 g/mol. The Hall–Kier alpha value is -3.92. The van der Waals surface area contributed by atoms with E-state index < -0.39 is 0 Å². The number of hydrogen-bond acceptors (Lipinski definition) is 7. The lowest BCUT2D eigenvalue weighted by Gasteiger charge is -2.55. The van der Waals surface area contributed by atoms with Crippen molar-refractivity contribution in [1.29, 1.82) is 0 Å². The van der Waals surface area contributed by atoms with Gasteiger partial charge in [0, 0.05) is 55.0 Å². The van der Waals surface area contributed by atoms with E-state index in [2.05, 4.69) is 56.3 Å². The van der Waals surface area contributed by atoms with Crippen molar-refractivity contribution in [3.8, 4) is 16.9 Å². The summed E-state index contributed by atoms with van der Waals surface area (Å²) in [7, 11) is 1.73. The van der Waals surface area contributed by atoms with Crippen LogP contribution in [0.2, 0.25) is 0 Å². The van der Waals surface area contributed by atoms with Gasteiger partial charge in [0.25, 0.3) is 0 Å². The van der Waals surface area contributed by atoms with Crippen LogP contribution in [0.4, 0.5) is 10.6 Å². The van der Waals surface area contributed by atoms with E-state index in [-0.39, 0.29) is 52.9 Å². The quantitative estimate of drug-likeness (QED) is 0.234. The standard InChI is InChI=1S/C41H55N5O5/c1-28(2)46-23-32(22-43-46)31-12-19-42-36(21-31)45(37(48)30-6-9-34(10-7-30)51-38(49)44-24-39(4,25-44)27-47)26-40-13-16-41(17-14-40,18-15-40)33-8-11-35(50-5)29(3)20-33/h8,11-12,19-23,28,30,34,47H,6-7,9-10,13-18,24-27H2,1-5H3. The van der Waals surface area contributed by atoms with Gasteiger partial charge in [-0.05, 0) is 131 Å². The summed E-state index contributed by atoms with van der Waals surface area (Å²) in [5.74, 6) is 1.62. The van der Waals surface area contributed by atoms with Crippen LogP contribution in [0.5, 0.6) is 5.75 Å². The molecule has 0 unspecified atom stereocenters. The molecule has 5 fully saturated rings. The fourth-order valence-corrected chi connectivity index (χ4v) is 9.23. The van der Waals surface area contributed by atoms with E-state index >= 15 is 0 Å². The molecule has 1 saturated heterocycles. The fraction of sp³-hybridized carbons (Fsp3) is 0.610. The van der Waals surface area contributed by atoms with Gasteiger partial charge in [-0.1, -0.05) is 19.1 Å². The Balaban J connectivity index is 1.08. The van der Waals surface area contributed by atoms with Crippen LogP contribution in [0, 0.1) is 23.7 Å². The summed E-state index contributed by atoms with van der Waals surface area (Å²) in [6.45, 7) is 10.1. The molecule has 1 N–H and O–H groups in total. The van der Waals surface area contributed by atoms with Crippen LogP contribution in [0.3, 0.4) is 0 Å². The largest absolute Gasteiger partial charge is 0.496 e. The minimum absolute atomic E-state index is 0.0478. The number of benzene rings is 1. The molecule has 4 aliphatic carbocycles. The second kappa shape index (κ2) is 13.9.